The maximum Gasteiger partial charge on any atom is 0.306 e. The van der Waals surface area contributed by atoms with Gasteiger partial charge in [0.05, 0.1) is 0 Å². The second-order valence-electron chi connectivity index (χ2n) is 24.1. The van der Waals surface area contributed by atoms with Crippen LogP contribution in [0.15, 0.2) is 60.8 Å². The van der Waals surface area contributed by atoms with Crippen molar-refractivity contribution in [2.24, 2.45) is 0 Å². The molecule has 472 valence electrons. The number of carbonyl (C=O) groups is 3. The molecule has 0 saturated heterocycles. The second kappa shape index (κ2) is 69.6. The van der Waals surface area contributed by atoms with Crippen molar-refractivity contribution >= 4 is 17.9 Å². The standard InChI is InChI=1S/C75H136O6/c1-4-7-10-13-16-19-22-25-27-29-31-33-35-36-37-38-40-41-43-45-47-50-53-56-59-62-65-68-74(77)80-71-72(70-79-73(76)67-64-61-58-55-52-49-24-21-18-15-12-9-6-3)81-75(78)69-66-63-60-57-54-51-48-46-44-42-39-34-32-30-28-26-23-20-17-14-11-8-5-2/h7,10,16,19,25,27,31,33,36-37,72H,4-6,8-9,11-15,17-18,20-24,26,28-30,32,34-35,38-71H2,1-3H3/b10-7-,19-16-,27-25-,33-31-,37-36-. The predicted octanol–water partition coefficient (Wildman–Crippen LogP) is 24.7. The summed E-state index contributed by atoms with van der Waals surface area (Å²) in [5, 5.41) is 0. The molecular weight excluding hydrogens is 997 g/mol. The predicted molar refractivity (Wildman–Crippen MR) is 353 cm³/mol. The van der Waals surface area contributed by atoms with Gasteiger partial charge in [-0.2, -0.15) is 0 Å². The van der Waals surface area contributed by atoms with E-state index in [1.54, 1.807) is 0 Å². The molecule has 0 aliphatic heterocycles. The molecule has 1 atom stereocenters. The Hall–Kier alpha value is -2.89. The summed E-state index contributed by atoms with van der Waals surface area (Å²) in [6.45, 7) is 6.59. The Morgan fingerprint density at radius 1 is 0.259 bits per heavy atom. The van der Waals surface area contributed by atoms with Crippen LogP contribution in [0, 0.1) is 0 Å². The highest BCUT2D eigenvalue weighted by Crippen LogP contribution is 2.19. The molecule has 0 aliphatic carbocycles. The molecule has 0 fully saturated rings. The molecule has 1 unspecified atom stereocenters. The fourth-order valence-electron chi connectivity index (χ4n) is 10.7. The van der Waals surface area contributed by atoms with Crippen LogP contribution < -0.4 is 0 Å². The molecule has 0 aromatic carbocycles. The van der Waals surface area contributed by atoms with Gasteiger partial charge in [-0.3, -0.25) is 14.4 Å². The summed E-state index contributed by atoms with van der Waals surface area (Å²) in [6, 6.07) is 0. The lowest BCUT2D eigenvalue weighted by Crippen LogP contribution is -2.30. The Kier molecular flexibility index (Phi) is 67.1. The summed E-state index contributed by atoms with van der Waals surface area (Å²) in [6.07, 6.45) is 89.6. The van der Waals surface area contributed by atoms with E-state index in [2.05, 4.69) is 81.5 Å². The first kappa shape index (κ1) is 78.1. The summed E-state index contributed by atoms with van der Waals surface area (Å²) >= 11 is 0. The molecule has 6 nitrogen and oxygen atoms in total. The molecule has 0 aromatic rings. The molecule has 0 rings (SSSR count). The normalized spacial score (nSPS) is 12.4. The van der Waals surface area contributed by atoms with E-state index < -0.39 is 6.10 Å². The Bertz CT molecular complexity index is 1440. The van der Waals surface area contributed by atoms with Crippen molar-refractivity contribution in [1.82, 2.24) is 0 Å². The van der Waals surface area contributed by atoms with E-state index in [4.69, 9.17) is 14.2 Å². The highest BCUT2D eigenvalue weighted by molar-refractivity contribution is 5.71. The lowest BCUT2D eigenvalue weighted by molar-refractivity contribution is -0.167. The fourth-order valence-corrected chi connectivity index (χ4v) is 10.7. The second-order valence-corrected chi connectivity index (χ2v) is 24.1. The average molecular weight is 1130 g/mol. The van der Waals surface area contributed by atoms with Crippen LogP contribution in [-0.4, -0.2) is 37.2 Å². The van der Waals surface area contributed by atoms with Gasteiger partial charge >= 0.3 is 17.9 Å². The first-order valence-corrected chi connectivity index (χ1v) is 35.8. The summed E-state index contributed by atoms with van der Waals surface area (Å²) < 4.78 is 17.0. The quantitative estimate of drug-likeness (QED) is 0.0261. The van der Waals surface area contributed by atoms with E-state index in [0.29, 0.717) is 19.3 Å². The van der Waals surface area contributed by atoms with Crippen molar-refractivity contribution in [3.8, 4) is 0 Å². The molecule has 0 saturated carbocycles. The maximum atomic E-state index is 13.0. The molecule has 0 aromatic heterocycles. The Labute approximate surface area is 504 Å². The monoisotopic (exact) mass is 1130 g/mol. The van der Waals surface area contributed by atoms with Crippen LogP contribution >= 0.6 is 0 Å². The van der Waals surface area contributed by atoms with Gasteiger partial charge < -0.3 is 14.2 Å². The van der Waals surface area contributed by atoms with Crippen LogP contribution in [0.25, 0.3) is 0 Å². The van der Waals surface area contributed by atoms with E-state index in [0.717, 1.165) is 89.9 Å². The van der Waals surface area contributed by atoms with Crippen LogP contribution in [0.5, 0.6) is 0 Å². The molecular formula is C75H136O6. The number of unbranched alkanes of at least 4 members (excludes halogenated alkanes) is 45. The molecule has 81 heavy (non-hydrogen) atoms. The highest BCUT2D eigenvalue weighted by Gasteiger charge is 2.19. The minimum atomic E-state index is -0.773. The van der Waals surface area contributed by atoms with Gasteiger partial charge in [0, 0.05) is 19.3 Å². The summed E-state index contributed by atoms with van der Waals surface area (Å²) in [5.74, 6) is -0.844. The zero-order valence-corrected chi connectivity index (χ0v) is 54.3. The van der Waals surface area contributed by atoms with Crippen molar-refractivity contribution < 1.29 is 28.6 Å². The number of esters is 3. The summed E-state index contributed by atoms with van der Waals surface area (Å²) in [4.78, 5) is 38.4. The van der Waals surface area contributed by atoms with E-state index in [1.165, 1.54) is 250 Å². The van der Waals surface area contributed by atoms with Crippen molar-refractivity contribution in [1.29, 1.82) is 0 Å². The third-order valence-corrected chi connectivity index (χ3v) is 16.0. The summed E-state index contributed by atoms with van der Waals surface area (Å²) in [7, 11) is 0. The average Bonchev–Trinajstić information content (AvgIpc) is 3.46. The third kappa shape index (κ3) is 67.8. The zero-order valence-electron chi connectivity index (χ0n) is 54.3. The number of rotatable bonds is 66. The molecule has 0 aliphatic rings. The van der Waals surface area contributed by atoms with Gasteiger partial charge in [0.25, 0.3) is 0 Å². The molecule has 0 bridgehead atoms. The number of carbonyl (C=O) groups excluding carboxylic acids is 3. The van der Waals surface area contributed by atoms with Gasteiger partial charge in [0.15, 0.2) is 6.10 Å². The van der Waals surface area contributed by atoms with Crippen molar-refractivity contribution in [2.75, 3.05) is 13.2 Å². The Morgan fingerprint density at radius 2 is 0.481 bits per heavy atom. The summed E-state index contributed by atoms with van der Waals surface area (Å²) in [5.41, 5.74) is 0. The SMILES string of the molecule is CC/C=C\C/C=C\C/C=C\C/C=C\C/C=C\CCCCCCCCCCCCCC(=O)OCC(COC(=O)CCCCCCCCCCCCCCC)OC(=O)CCCCCCCCCCCCCCCCCCCCCCCCC. The number of ether oxygens (including phenoxy) is 3. The van der Waals surface area contributed by atoms with Crippen LogP contribution in [0.1, 0.15) is 380 Å². The van der Waals surface area contributed by atoms with E-state index in [1.807, 2.05) is 0 Å². The van der Waals surface area contributed by atoms with E-state index in [9.17, 15) is 14.4 Å². The lowest BCUT2D eigenvalue weighted by Gasteiger charge is -2.18. The fraction of sp³-hybridized carbons (Fsp3) is 0.827. The van der Waals surface area contributed by atoms with E-state index in [-0.39, 0.29) is 31.1 Å². The number of allylic oxidation sites excluding steroid dienone is 10. The Morgan fingerprint density at radius 3 is 0.753 bits per heavy atom. The van der Waals surface area contributed by atoms with Crippen molar-refractivity contribution in [3.05, 3.63) is 60.8 Å². The van der Waals surface area contributed by atoms with Crippen molar-refractivity contribution in [2.45, 2.75) is 386 Å². The van der Waals surface area contributed by atoms with Gasteiger partial charge in [-0.15, -0.1) is 0 Å². The minimum absolute atomic E-state index is 0.0686. The molecule has 0 heterocycles. The molecule has 0 spiro atoms. The van der Waals surface area contributed by atoms with Crippen LogP contribution in [0.4, 0.5) is 0 Å². The first-order valence-electron chi connectivity index (χ1n) is 35.8. The van der Waals surface area contributed by atoms with Crippen LogP contribution in [0.2, 0.25) is 0 Å². The Balaban J connectivity index is 4.24. The van der Waals surface area contributed by atoms with Gasteiger partial charge in [-0.1, -0.05) is 358 Å². The van der Waals surface area contributed by atoms with E-state index >= 15 is 0 Å². The molecule has 0 N–H and O–H groups in total. The first-order chi connectivity index (χ1) is 40.0. The highest BCUT2D eigenvalue weighted by atomic mass is 16.6. The smallest absolute Gasteiger partial charge is 0.306 e. The van der Waals surface area contributed by atoms with Gasteiger partial charge in [0.2, 0.25) is 0 Å². The molecule has 0 amide bonds. The van der Waals surface area contributed by atoms with Crippen LogP contribution in [0.3, 0.4) is 0 Å². The van der Waals surface area contributed by atoms with Crippen LogP contribution in [-0.2, 0) is 28.6 Å². The molecule has 6 heteroatoms. The number of hydrogen-bond acceptors (Lipinski definition) is 6. The molecule has 0 radical (unpaired) electrons. The topological polar surface area (TPSA) is 78.9 Å². The van der Waals surface area contributed by atoms with Crippen molar-refractivity contribution in [3.63, 3.8) is 0 Å². The largest absolute Gasteiger partial charge is 0.462 e. The third-order valence-electron chi connectivity index (χ3n) is 16.0. The minimum Gasteiger partial charge on any atom is -0.462 e. The van der Waals surface area contributed by atoms with Gasteiger partial charge in [-0.25, -0.2) is 0 Å². The zero-order chi connectivity index (χ0) is 58.5. The lowest BCUT2D eigenvalue weighted by atomic mass is 10.0. The van der Waals surface area contributed by atoms with Gasteiger partial charge in [-0.05, 0) is 64.2 Å². The number of hydrogen-bond donors (Lipinski definition) is 0. The van der Waals surface area contributed by atoms with Gasteiger partial charge in [0.1, 0.15) is 13.2 Å². The maximum absolute atomic E-state index is 13.0.